The summed E-state index contributed by atoms with van der Waals surface area (Å²) in [7, 11) is 3.08. The van der Waals surface area contributed by atoms with Gasteiger partial charge in [0.05, 0.1) is 26.7 Å². The van der Waals surface area contributed by atoms with E-state index in [9.17, 15) is 14.0 Å². The normalized spacial score (nSPS) is 15.5. The van der Waals surface area contributed by atoms with Crippen LogP contribution in [0, 0.1) is 5.82 Å². The van der Waals surface area contributed by atoms with Crippen LogP contribution in [0.2, 0.25) is 0 Å². The molecule has 3 aromatic rings. The van der Waals surface area contributed by atoms with Crippen molar-refractivity contribution in [1.29, 1.82) is 0 Å². The summed E-state index contributed by atoms with van der Waals surface area (Å²) in [6, 6.07) is 19.5. The molecule has 7 nitrogen and oxygen atoms in total. The second kappa shape index (κ2) is 13.1. The van der Waals surface area contributed by atoms with E-state index in [0.29, 0.717) is 41.3 Å². The highest BCUT2D eigenvalue weighted by atomic mass is 19.1. The summed E-state index contributed by atoms with van der Waals surface area (Å²) in [5.41, 5.74) is 2.10. The number of nitrogens with zero attached hydrogens (tertiary/aromatic N) is 1. The van der Waals surface area contributed by atoms with Crippen LogP contribution >= 0.6 is 0 Å². The van der Waals surface area contributed by atoms with Gasteiger partial charge in [0.1, 0.15) is 11.9 Å². The molecule has 0 saturated carbocycles. The molecule has 38 heavy (non-hydrogen) atoms. The Morgan fingerprint density at radius 1 is 1.00 bits per heavy atom. The first-order chi connectivity index (χ1) is 18.5. The average Bonchev–Trinajstić information content (AvgIpc) is 3.47. The molecule has 2 amide bonds. The van der Waals surface area contributed by atoms with Gasteiger partial charge in [-0.25, -0.2) is 4.39 Å². The van der Waals surface area contributed by atoms with E-state index in [4.69, 9.17) is 14.2 Å². The molecule has 0 aliphatic carbocycles. The maximum absolute atomic E-state index is 13.9. The van der Waals surface area contributed by atoms with Crippen molar-refractivity contribution in [2.75, 3.05) is 27.4 Å². The molecule has 1 saturated heterocycles. The van der Waals surface area contributed by atoms with Crippen LogP contribution in [0.15, 0.2) is 72.8 Å². The smallest absolute Gasteiger partial charge is 0.247 e. The lowest BCUT2D eigenvalue weighted by Gasteiger charge is -2.32. The molecule has 1 heterocycles. The highest BCUT2D eigenvalue weighted by Gasteiger charge is 2.32. The topological polar surface area (TPSA) is 77.1 Å². The number of rotatable bonds is 11. The van der Waals surface area contributed by atoms with Crippen LogP contribution < -0.4 is 14.8 Å². The maximum atomic E-state index is 13.9. The number of ether oxygens (including phenoxy) is 3. The molecule has 0 radical (unpaired) electrons. The van der Waals surface area contributed by atoms with E-state index in [2.05, 4.69) is 5.32 Å². The Hall–Kier alpha value is -3.91. The van der Waals surface area contributed by atoms with Gasteiger partial charge in [0, 0.05) is 19.7 Å². The highest BCUT2D eigenvalue weighted by molar-refractivity contribution is 5.89. The maximum Gasteiger partial charge on any atom is 0.247 e. The minimum atomic E-state index is -0.893. The molecule has 0 unspecified atom stereocenters. The number of nitrogens with one attached hydrogen (secondary N) is 1. The predicted molar refractivity (Wildman–Crippen MR) is 141 cm³/mol. The van der Waals surface area contributed by atoms with E-state index in [0.717, 1.165) is 12.8 Å². The Morgan fingerprint density at radius 2 is 1.71 bits per heavy atom. The molecule has 2 atom stereocenters. The van der Waals surface area contributed by atoms with Gasteiger partial charge in [0.15, 0.2) is 11.5 Å². The van der Waals surface area contributed by atoms with Crippen LogP contribution in [0.4, 0.5) is 4.39 Å². The van der Waals surface area contributed by atoms with Crippen molar-refractivity contribution in [3.8, 4) is 11.5 Å². The van der Waals surface area contributed by atoms with Crippen LogP contribution in [0.25, 0.3) is 0 Å². The summed E-state index contributed by atoms with van der Waals surface area (Å²) in [4.78, 5) is 29.1. The van der Waals surface area contributed by atoms with Gasteiger partial charge in [0.25, 0.3) is 0 Å². The van der Waals surface area contributed by atoms with Crippen LogP contribution in [-0.4, -0.2) is 50.2 Å². The molecule has 1 N–H and O–H groups in total. The molecular weight excluding hydrogens is 487 g/mol. The van der Waals surface area contributed by atoms with Gasteiger partial charge in [-0.1, -0.05) is 48.5 Å². The second-order valence-corrected chi connectivity index (χ2v) is 9.21. The van der Waals surface area contributed by atoms with Crippen molar-refractivity contribution >= 4 is 11.8 Å². The van der Waals surface area contributed by atoms with E-state index in [1.54, 1.807) is 42.3 Å². The third-order valence-corrected chi connectivity index (χ3v) is 6.59. The van der Waals surface area contributed by atoms with Crippen LogP contribution in [0.5, 0.6) is 11.5 Å². The first-order valence-corrected chi connectivity index (χ1v) is 12.7. The average molecular weight is 521 g/mol. The zero-order chi connectivity index (χ0) is 26.9. The number of halogens is 1. The lowest BCUT2D eigenvalue weighted by molar-refractivity contribution is -0.141. The van der Waals surface area contributed by atoms with Crippen molar-refractivity contribution in [1.82, 2.24) is 10.2 Å². The fourth-order valence-corrected chi connectivity index (χ4v) is 4.60. The van der Waals surface area contributed by atoms with Gasteiger partial charge in [-0.05, 0) is 53.8 Å². The summed E-state index contributed by atoms with van der Waals surface area (Å²) in [6.07, 6.45) is 1.84. The number of benzene rings is 3. The molecule has 0 spiro atoms. The van der Waals surface area contributed by atoms with E-state index in [-0.39, 0.29) is 36.7 Å². The summed E-state index contributed by atoms with van der Waals surface area (Å²) in [6.45, 7) is 1.18. The van der Waals surface area contributed by atoms with Crippen molar-refractivity contribution in [3.63, 3.8) is 0 Å². The molecule has 1 aliphatic heterocycles. The molecule has 1 aliphatic rings. The summed E-state index contributed by atoms with van der Waals surface area (Å²) < 4.78 is 30.0. The Bertz CT molecular complexity index is 1210. The lowest BCUT2D eigenvalue weighted by Crippen LogP contribution is -2.45. The lowest BCUT2D eigenvalue weighted by atomic mass is 10.0. The number of carbonyl (C=O) groups excluding carboxylic acids is 2. The Balaban J connectivity index is 1.66. The van der Waals surface area contributed by atoms with Crippen molar-refractivity contribution < 1.29 is 28.2 Å². The first kappa shape index (κ1) is 27.1. The molecule has 3 aromatic carbocycles. The number of hydrogen-bond acceptors (Lipinski definition) is 5. The van der Waals surface area contributed by atoms with Gasteiger partial charge in [-0.15, -0.1) is 0 Å². The van der Waals surface area contributed by atoms with Crippen molar-refractivity contribution in [2.45, 2.75) is 38.0 Å². The molecule has 200 valence electrons. The van der Waals surface area contributed by atoms with Crippen molar-refractivity contribution in [3.05, 3.63) is 95.3 Å². The monoisotopic (exact) mass is 520 g/mol. The van der Waals surface area contributed by atoms with Gasteiger partial charge < -0.3 is 24.4 Å². The number of amides is 2. The Morgan fingerprint density at radius 3 is 2.37 bits per heavy atom. The van der Waals surface area contributed by atoms with Crippen LogP contribution in [-0.2, 0) is 27.3 Å². The highest BCUT2D eigenvalue weighted by Crippen LogP contribution is 2.29. The summed E-state index contributed by atoms with van der Waals surface area (Å²) in [5.74, 6) is 0.141. The Labute approximate surface area is 222 Å². The zero-order valence-electron chi connectivity index (χ0n) is 21.7. The predicted octanol–water partition coefficient (Wildman–Crippen LogP) is 4.45. The van der Waals surface area contributed by atoms with Gasteiger partial charge in [-0.2, -0.15) is 0 Å². The van der Waals surface area contributed by atoms with E-state index >= 15 is 0 Å². The minimum absolute atomic E-state index is 0.0316. The van der Waals surface area contributed by atoms with E-state index in [1.807, 2.05) is 30.3 Å². The largest absolute Gasteiger partial charge is 0.493 e. The molecule has 8 heteroatoms. The third kappa shape index (κ3) is 6.89. The minimum Gasteiger partial charge on any atom is -0.493 e. The zero-order valence-corrected chi connectivity index (χ0v) is 21.7. The third-order valence-electron chi connectivity index (χ3n) is 6.59. The fraction of sp³-hybridized carbons (Fsp3) is 0.333. The van der Waals surface area contributed by atoms with Gasteiger partial charge in [0.2, 0.25) is 11.8 Å². The second-order valence-electron chi connectivity index (χ2n) is 9.21. The fourth-order valence-electron chi connectivity index (χ4n) is 4.60. The first-order valence-electron chi connectivity index (χ1n) is 12.7. The molecule has 4 rings (SSSR count). The van der Waals surface area contributed by atoms with E-state index < -0.39 is 6.04 Å². The number of hydrogen-bond donors (Lipinski definition) is 1. The van der Waals surface area contributed by atoms with Crippen molar-refractivity contribution in [2.24, 2.45) is 0 Å². The summed E-state index contributed by atoms with van der Waals surface area (Å²) in [5, 5.41) is 3.00. The van der Waals surface area contributed by atoms with Gasteiger partial charge >= 0.3 is 0 Å². The van der Waals surface area contributed by atoms with Gasteiger partial charge in [-0.3, -0.25) is 9.59 Å². The summed E-state index contributed by atoms with van der Waals surface area (Å²) >= 11 is 0. The molecule has 0 aromatic heterocycles. The SMILES string of the molecule is COc1ccc(CC(=O)N(Cc2ccc(F)cc2)[C@H](C(=O)NC[C@H]2CCCO2)c2ccccc2)cc1OC. The number of carbonyl (C=O) groups is 2. The molecular formula is C30H33FN2O5. The quantitative estimate of drug-likeness (QED) is 0.404. The molecule has 1 fully saturated rings. The molecule has 0 bridgehead atoms. The number of methoxy groups -OCH3 is 2. The van der Waals surface area contributed by atoms with Crippen LogP contribution in [0.1, 0.15) is 35.6 Å². The standard InChI is InChI=1S/C30H33FN2O5/c1-36-26-15-12-22(17-27(26)37-2)18-28(34)33(20-21-10-13-24(31)14-11-21)29(23-7-4-3-5-8-23)30(35)32-19-25-9-6-16-38-25/h3-5,7-8,10-15,17,25,29H,6,9,16,18-20H2,1-2H3,(H,32,35)/t25-,29+/m1/s1. The van der Waals surface area contributed by atoms with Crippen LogP contribution in [0.3, 0.4) is 0 Å². The Kier molecular flexibility index (Phi) is 9.32. The van der Waals surface area contributed by atoms with E-state index in [1.165, 1.54) is 19.2 Å².